The predicted octanol–water partition coefficient (Wildman–Crippen LogP) is 6.38. The van der Waals surface area contributed by atoms with Gasteiger partial charge in [0.2, 0.25) is 5.91 Å². The molecule has 0 aliphatic heterocycles. The summed E-state index contributed by atoms with van der Waals surface area (Å²) in [5.74, 6) is -8.93. The molecule has 4 rings (SSSR count). The number of nitrogens with one attached hydrogen (secondary N) is 3. The van der Waals surface area contributed by atoms with Crippen molar-refractivity contribution in [2.24, 2.45) is 0 Å². The SMILES string of the molecule is O=C(CSc1ccc(NC(=O)/C(=C/c2ccccc2)NC(=O)c2ccccc2)cc1)Nc1c(F)c(F)cc(F)c1F. The van der Waals surface area contributed by atoms with Gasteiger partial charge in [-0.1, -0.05) is 48.5 Å². The first-order valence-corrected chi connectivity index (χ1v) is 13.0. The van der Waals surface area contributed by atoms with Crippen molar-refractivity contribution in [2.75, 3.05) is 16.4 Å². The molecular formula is C30H21F4N3O3S. The van der Waals surface area contributed by atoms with E-state index in [0.29, 0.717) is 21.7 Å². The summed E-state index contributed by atoms with van der Waals surface area (Å²) in [6, 6.07) is 23.7. The quantitative estimate of drug-likeness (QED) is 0.0929. The van der Waals surface area contributed by atoms with E-state index >= 15 is 0 Å². The van der Waals surface area contributed by atoms with Crippen molar-refractivity contribution in [3.8, 4) is 0 Å². The fourth-order valence-corrected chi connectivity index (χ4v) is 4.20. The largest absolute Gasteiger partial charge is 0.321 e. The van der Waals surface area contributed by atoms with E-state index in [-0.39, 0.29) is 17.5 Å². The Morgan fingerprint density at radius 2 is 1.32 bits per heavy atom. The van der Waals surface area contributed by atoms with Crippen LogP contribution in [0.3, 0.4) is 0 Å². The minimum atomic E-state index is -1.71. The third-order valence-electron chi connectivity index (χ3n) is 5.50. The van der Waals surface area contributed by atoms with Gasteiger partial charge in [-0.05, 0) is 48.0 Å². The van der Waals surface area contributed by atoms with Crippen LogP contribution in [-0.4, -0.2) is 23.5 Å². The summed E-state index contributed by atoms with van der Waals surface area (Å²) in [6.45, 7) is 0. The monoisotopic (exact) mass is 579 g/mol. The third kappa shape index (κ3) is 7.83. The van der Waals surface area contributed by atoms with Gasteiger partial charge in [-0.2, -0.15) is 0 Å². The standard InChI is InChI=1S/C30H21F4N3O3S/c31-22-16-23(32)27(34)28(26(22)33)37-25(38)17-41-21-13-11-20(12-14-21)35-30(40)24(15-18-7-3-1-4-8-18)36-29(39)19-9-5-2-6-10-19/h1-16H,17H2,(H,35,40)(H,36,39)(H,37,38)/b24-15-. The zero-order valence-electron chi connectivity index (χ0n) is 21.1. The van der Waals surface area contributed by atoms with Crippen LogP contribution in [0.4, 0.5) is 28.9 Å². The normalized spacial score (nSPS) is 11.1. The van der Waals surface area contributed by atoms with E-state index in [1.807, 2.05) is 11.4 Å². The number of anilines is 2. The van der Waals surface area contributed by atoms with Crippen LogP contribution in [0.5, 0.6) is 0 Å². The van der Waals surface area contributed by atoms with Crippen molar-refractivity contribution in [3.63, 3.8) is 0 Å². The van der Waals surface area contributed by atoms with Gasteiger partial charge >= 0.3 is 0 Å². The van der Waals surface area contributed by atoms with Crippen LogP contribution in [0.15, 0.2) is 102 Å². The van der Waals surface area contributed by atoms with Crippen LogP contribution in [-0.2, 0) is 9.59 Å². The number of hydrogen-bond acceptors (Lipinski definition) is 4. The Kier molecular flexibility index (Phi) is 9.54. The van der Waals surface area contributed by atoms with Crippen LogP contribution in [0.2, 0.25) is 0 Å². The summed E-state index contributed by atoms with van der Waals surface area (Å²) in [7, 11) is 0. The molecule has 6 nitrogen and oxygen atoms in total. The van der Waals surface area contributed by atoms with E-state index in [1.54, 1.807) is 78.9 Å². The van der Waals surface area contributed by atoms with Crippen LogP contribution < -0.4 is 16.0 Å². The van der Waals surface area contributed by atoms with Gasteiger partial charge in [0, 0.05) is 22.2 Å². The molecule has 3 N–H and O–H groups in total. The summed E-state index contributed by atoms with van der Waals surface area (Å²) in [6.07, 6.45) is 1.54. The van der Waals surface area contributed by atoms with Gasteiger partial charge < -0.3 is 16.0 Å². The maximum atomic E-state index is 13.8. The number of halogens is 4. The summed E-state index contributed by atoms with van der Waals surface area (Å²) in [4.78, 5) is 38.5. The molecular weight excluding hydrogens is 558 g/mol. The van der Waals surface area contributed by atoms with E-state index < -0.39 is 46.7 Å². The van der Waals surface area contributed by atoms with Crippen molar-refractivity contribution in [3.05, 3.63) is 131 Å². The molecule has 0 spiro atoms. The average Bonchev–Trinajstić information content (AvgIpc) is 2.98. The van der Waals surface area contributed by atoms with Crippen molar-refractivity contribution >= 4 is 46.9 Å². The van der Waals surface area contributed by atoms with E-state index in [4.69, 9.17) is 0 Å². The Bertz CT molecular complexity index is 1570. The molecule has 0 fully saturated rings. The van der Waals surface area contributed by atoms with Gasteiger partial charge in [0.05, 0.1) is 5.75 Å². The van der Waals surface area contributed by atoms with Gasteiger partial charge in [0.15, 0.2) is 23.3 Å². The Labute approximate surface area is 236 Å². The topological polar surface area (TPSA) is 87.3 Å². The van der Waals surface area contributed by atoms with E-state index in [9.17, 15) is 31.9 Å². The molecule has 0 atom stereocenters. The lowest BCUT2D eigenvalue weighted by Crippen LogP contribution is -2.30. The second kappa shape index (κ2) is 13.4. The third-order valence-corrected chi connectivity index (χ3v) is 6.51. The Morgan fingerprint density at radius 1 is 0.732 bits per heavy atom. The number of carbonyl (C=O) groups is 3. The first kappa shape index (κ1) is 29.1. The molecule has 208 valence electrons. The minimum Gasteiger partial charge on any atom is -0.321 e. The second-order valence-corrected chi connectivity index (χ2v) is 9.50. The summed E-state index contributed by atoms with van der Waals surface area (Å²) in [5, 5.41) is 7.18. The molecule has 4 aromatic rings. The highest BCUT2D eigenvalue weighted by atomic mass is 32.2. The Balaban J connectivity index is 1.40. The fourth-order valence-electron chi connectivity index (χ4n) is 3.50. The lowest BCUT2D eigenvalue weighted by Gasteiger charge is -2.12. The van der Waals surface area contributed by atoms with Gasteiger partial charge in [-0.25, -0.2) is 17.6 Å². The molecule has 41 heavy (non-hydrogen) atoms. The first-order chi connectivity index (χ1) is 19.7. The van der Waals surface area contributed by atoms with E-state index in [2.05, 4.69) is 10.6 Å². The summed E-state index contributed by atoms with van der Waals surface area (Å²) < 4.78 is 54.3. The highest BCUT2D eigenvalue weighted by Gasteiger charge is 2.21. The van der Waals surface area contributed by atoms with Crippen LogP contribution in [0, 0.1) is 23.3 Å². The average molecular weight is 580 g/mol. The molecule has 0 aliphatic rings. The van der Waals surface area contributed by atoms with Crippen molar-refractivity contribution < 1.29 is 31.9 Å². The molecule has 0 saturated carbocycles. The number of rotatable bonds is 9. The maximum Gasteiger partial charge on any atom is 0.272 e. The van der Waals surface area contributed by atoms with E-state index in [1.165, 1.54) is 6.08 Å². The summed E-state index contributed by atoms with van der Waals surface area (Å²) in [5.41, 5.74) is 0.254. The number of hydrogen-bond donors (Lipinski definition) is 3. The molecule has 0 bridgehead atoms. The van der Waals surface area contributed by atoms with Crippen LogP contribution in [0.25, 0.3) is 6.08 Å². The minimum absolute atomic E-state index is 0.00780. The smallest absolute Gasteiger partial charge is 0.272 e. The number of benzene rings is 4. The molecule has 0 saturated heterocycles. The number of carbonyl (C=O) groups excluding carboxylic acids is 3. The van der Waals surface area contributed by atoms with E-state index in [0.717, 1.165) is 11.8 Å². The van der Waals surface area contributed by atoms with Crippen LogP contribution >= 0.6 is 11.8 Å². The van der Waals surface area contributed by atoms with Gasteiger partial charge in [-0.15, -0.1) is 11.8 Å². The first-order valence-electron chi connectivity index (χ1n) is 12.0. The highest BCUT2D eigenvalue weighted by Crippen LogP contribution is 2.25. The van der Waals surface area contributed by atoms with Crippen molar-refractivity contribution in [1.82, 2.24) is 5.32 Å². The van der Waals surface area contributed by atoms with Crippen molar-refractivity contribution in [1.29, 1.82) is 0 Å². The molecule has 0 unspecified atom stereocenters. The zero-order chi connectivity index (χ0) is 29.4. The number of amides is 3. The zero-order valence-corrected chi connectivity index (χ0v) is 21.9. The molecule has 0 aromatic heterocycles. The fraction of sp³-hybridized carbons (Fsp3) is 0.0333. The molecule has 0 aliphatic carbocycles. The lowest BCUT2D eigenvalue weighted by atomic mass is 10.1. The highest BCUT2D eigenvalue weighted by molar-refractivity contribution is 8.00. The van der Waals surface area contributed by atoms with Gasteiger partial charge in [0.1, 0.15) is 11.4 Å². The van der Waals surface area contributed by atoms with Crippen molar-refractivity contribution in [2.45, 2.75) is 4.90 Å². The predicted molar refractivity (Wildman–Crippen MR) is 149 cm³/mol. The molecule has 4 aromatic carbocycles. The van der Waals surface area contributed by atoms with Gasteiger partial charge in [-0.3, -0.25) is 14.4 Å². The van der Waals surface area contributed by atoms with Gasteiger partial charge in [0.25, 0.3) is 11.8 Å². The Morgan fingerprint density at radius 3 is 1.93 bits per heavy atom. The molecule has 0 radical (unpaired) electrons. The Hall–Kier alpha value is -4.90. The molecule has 0 heterocycles. The molecule has 3 amide bonds. The summed E-state index contributed by atoms with van der Waals surface area (Å²) >= 11 is 0.984. The maximum absolute atomic E-state index is 13.8. The van der Waals surface area contributed by atoms with Crippen LogP contribution in [0.1, 0.15) is 15.9 Å². The second-order valence-electron chi connectivity index (χ2n) is 8.45. The number of thioether (sulfide) groups is 1. The lowest BCUT2D eigenvalue weighted by molar-refractivity contribution is -0.114. The molecule has 11 heteroatoms.